The van der Waals surface area contributed by atoms with Crippen molar-refractivity contribution in [3.63, 3.8) is 0 Å². The van der Waals surface area contributed by atoms with Gasteiger partial charge in [0.1, 0.15) is 11.3 Å². The van der Waals surface area contributed by atoms with Gasteiger partial charge in [0.25, 0.3) is 0 Å². The van der Waals surface area contributed by atoms with Crippen LogP contribution in [0.15, 0.2) is 59.6 Å². The first kappa shape index (κ1) is 12.8. The average molecular weight is 289 g/mol. The van der Waals surface area contributed by atoms with Crippen molar-refractivity contribution in [2.24, 2.45) is 0 Å². The quantitative estimate of drug-likeness (QED) is 0.552. The van der Waals surface area contributed by atoms with Gasteiger partial charge < -0.3 is 4.42 Å². The molecule has 22 heavy (non-hydrogen) atoms. The molecule has 2 heterocycles. The minimum atomic E-state index is 0.772. The third-order valence-electron chi connectivity index (χ3n) is 3.92. The van der Waals surface area contributed by atoms with E-state index in [1.165, 1.54) is 17.5 Å². The predicted molar refractivity (Wildman–Crippen MR) is 86.0 cm³/mol. The van der Waals surface area contributed by atoms with E-state index in [0.29, 0.717) is 0 Å². The Kier molecular flexibility index (Phi) is 2.82. The third kappa shape index (κ3) is 1.84. The van der Waals surface area contributed by atoms with Crippen molar-refractivity contribution in [1.29, 1.82) is 0 Å². The van der Waals surface area contributed by atoms with Gasteiger partial charge in [-0.15, -0.1) is 0 Å². The van der Waals surface area contributed by atoms with Crippen LogP contribution in [0.25, 0.3) is 28.2 Å². The number of aromatic nitrogens is 3. The molecule has 4 aromatic rings. The Balaban J connectivity index is 2.00. The molecular formula is C18H15N3O. The lowest BCUT2D eigenvalue weighted by atomic mass is 10.1. The molecule has 0 atom stereocenters. The minimum absolute atomic E-state index is 0.772. The fourth-order valence-electron chi connectivity index (χ4n) is 2.94. The van der Waals surface area contributed by atoms with Crippen molar-refractivity contribution in [3.8, 4) is 17.1 Å². The van der Waals surface area contributed by atoms with E-state index in [2.05, 4.69) is 46.6 Å². The van der Waals surface area contributed by atoms with E-state index in [4.69, 9.17) is 4.42 Å². The van der Waals surface area contributed by atoms with Gasteiger partial charge in [-0.1, -0.05) is 24.3 Å². The van der Waals surface area contributed by atoms with Crippen LogP contribution in [-0.4, -0.2) is 14.5 Å². The van der Waals surface area contributed by atoms with Gasteiger partial charge >= 0.3 is 0 Å². The second-order valence-electron chi connectivity index (χ2n) is 5.37. The SMILES string of the molecule is Cc1cccc(C)c1-n1ccnc1-c1cccc2ocnc12. The van der Waals surface area contributed by atoms with E-state index in [1.807, 2.05) is 30.6 Å². The van der Waals surface area contributed by atoms with Gasteiger partial charge in [0.05, 0.1) is 5.69 Å². The lowest BCUT2D eigenvalue weighted by Crippen LogP contribution is -2.01. The van der Waals surface area contributed by atoms with Gasteiger partial charge in [0.15, 0.2) is 12.0 Å². The molecule has 0 fully saturated rings. The topological polar surface area (TPSA) is 43.9 Å². The Morgan fingerprint density at radius 3 is 2.55 bits per heavy atom. The smallest absolute Gasteiger partial charge is 0.182 e. The molecule has 0 amide bonds. The highest BCUT2D eigenvalue weighted by atomic mass is 16.3. The maximum absolute atomic E-state index is 5.40. The molecule has 2 aromatic carbocycles. The van der Waals surface area contributed by atoms with E-state index < -0.39 is 0 Å². The second kappa shape index (κ2) is 4.84. The van der Waals surface area contributed by atoms with Crippen molar-refractivity contribution in [3.05, 3.63) is 66.3 Å². The predicted octanol–water partition coefficient (Wildman–Crippen LogP) is 4.30. The summed E-state index contributed by atoms with van der Waals surface area (Å²) in [4.78, 5) is 8.89. The van der Waals surface area contributed by atoms with Gasteiger partial charge in [-0.3, -0.25) is 4.57 Å². The summed E-state index contributed by atoms with van der Waals surface area (Å²) in [5.41, 5.74) is 6.17. The highest BCUT2D eigenvalue weighted by molar-refractivity contribution is 5.88. The molecule has 0 aliphatic carbocycles. The molecular weight excluding hydrogens is 274 g/mol. The average Bonchev–Trinajstić information content (AvgIpc) is 3.15. The molecule has 2 aromatic heterocycles. The van der Waals surface area contributed by atoms with E-state index in [-0.39, 0.29) is 0 Å². The largest absolute Gasteiger partial charge is 0.443 e. The number of aryl methyl sites for hydroxylation is 2. The molecule has 0 N–H and O–H groups in total. The van der Waals surface area contributed by atoms with Gasteiger partial charge in [0.2, 0.25) is 0 Å². The molecule has 4 nitrogen and oxygen atoms in total. The molecule has 0 spiro atoms. The van der Waals surface area contributed by atoms with E-state index in [1.54, 1.807) is 0 Å². The van der Waals surface area contributed by atoms with Crippen molar-refractivity contribution in [1.82, 2.24) is 14.5 Å². The molecule has 108 valence electrons. The molecule has 0 saturated carbocycles. The highest BCUT2D eigenvalue weighted by Gasteiger charge is 2.15. The van der Waals surface area contributed by atoms with Crippen molar-refractivity contribution in [2.45, 2.75) is 13.8 Å². The van der Waals surface area contributed by atoms with Crippen LogP contribution in [0, 0.1) is 13.8 Å². The number of hydrogen-bond donors (Lipinski definition) is 0. The van der Waals surface area contributed by atoms with Gasteiger partial charge in [-0.05, 0) is 37.1 Å². The fourth-order valence-corrected chi connectivity index (χ4v) is 2.94. The van der Waals surface area contributed by atoms with Gasteiger partial charge in [0, 0.05) is 18.0 Å². The fraction of sp³-hybridized carbons (Fsp3) is 0.111. The first-order chi connectivity index (χ1) is 10.8. The number of rotatable bonds is 2. The molecule has 0 unspecified atom stereocenters. The van der Waals surface area contributed by atoms with Gasteiger partial charge in [-0.2, -0.15) is 0 Å². The van der Waals surface area contributed by atoms with Gasteiger partial charge in [-0.25, -0.2) is 9.97 Å². The maximum atomic E-state index is 5.40. The van der Waals surface area contributed by atoms with E-state index in [0.717, 1.165) is 28.2 Å². The van der Waals surface area contributed by atoms with Crippen LogP contribution >= 0.6 is 0 Å². The molecule has 0 aliphatic heterocycles. The van der Waals surface area contributed by atoms with Crippen LogP contribution in [0.4, 0.5) is 0 Å². The monoisotopic (exact) mass is 289 g/mol. The summed E-state index contributed by atoms with van der Waals surface area (Å²) < 4.78 is 7.52. The summed E-state index contributed by atoms with van der Waals surface area (Å²) in [6.45, 7) is 4.23. The number of oxazole rings is 1. The minimum Gasteiger partial charge on any atom is -0.443 e. The Morgan fingerprint density at radius 1 is 0.955 bits per heavy atom. The van der Waals surface area contributed by atoms with Crippen LogP contribution in [-0.2, 0) is 0 Å². The molecule has 4 heteroatoms. The van der Waals surface area contributed by atoms with E-state index >= 15 is 0 Å². The van der Waals surface area contributed by atoms with E-state index in [9.17, 15) is 0 Å². The standard InChI is InChI=1S/C18H15N3O/c1-12-5-3-6-13(2)17(12)21-10-9-19-18(21)14-7-4-8-15-16(14)20-11-22-15/h3-11H,1-2H3. The first-order valence-electron chi connectivity index (χ1n) is 7.18. The summed E-state index contributed by atoms with van der Waals surface area (Å²) in [6, 6.07) is 12.2. The van der Waals surface area contributed by atoms with Crippen molar-refractivity contribution >= 4 is 11.1 Å². The highest BCUT2D eigenvalue weighted by Crippen LogP contribution is 2.30. The molecule has 0 saturated heterocycles. The number of imidazole rings is 1. The first-order valence-corrected chi connectivity index (χ1v) is 7.18. The Morgan fingerprint density at radius 2 is 1.73 bits per heavy atom. The molecule has 4 rings (SSSR count). The Labute approximate surface area is 128 Å². The van der Waals surface area contributed by atoms with Crippen LogP contribution < -0.4 is 0 Å². The number of nitrogens with zero attached hydrogens (tertiary/aromatic N) is 3. The van der Waals surface area contributed by atoms with Crippen molar-refractivity contribution < 1.29 is 4.42 Å². The molecule has 0 aliphatic rings. The summed E-state index contributed by atoms with van der Waals surface area (Å²) in [5.74, 6) is 0.872. The lowest BCUT2D eigenvalue weighted by molar-refractivity contribution is 0.602. The van der Waals surface area contributed by atoms with Crippen LogP contribution in [0.3, 0.4) is 0 Å². The zero-order chi connectivity index (χ0) is 15.1. The number of fused-ring (bicyclic) bond motifs is 1. The van der Waals surface area contributed by atoms with Crippen molar-refractivity contribution in [2.75, 3.05) is 0 Å². The zero-order valence-electron chi connectivity index (χ0n) is 12.4. The van der Waals surface area contributed by atoms with Crippen LogP contribution in [0.1, 0.15) is 11.1 Å². The normalized spacial score (nSPS) is 11.2. The van der Waals surface area contributed by atoms with Crippen LogP contribution in [0.2, 0.25) is 0 Å². The van der Waals surface area contributed by atoms with Crippen LogP contribution in [0.5, 0.6) is 0 Å². The summed E-state index contributed by atoms with van der Waals surface area (Å²) in [5, 5.41) is 0. The summed E-state index contributed by atoms with van der Waals surface area (Å²) in [7, 11) is 0. The number of para-hydroxylation sites is 2. The Bertz CT molecular complexity index is 945. The molecule has 0 radical (unpaired) electrons. The molecule has 0 bridgehead atoms. The Hall–Kier alpha value is -2.88. The number of benzene rings is 2. The zero-order valence-corrected chi connectivity index (χ0v) is 12.4. The second-order valence-corrected chi connectivity index (χ2v) is 5.37. The third-order valence-corrected chi connectivity index (χ3v) is 3.92. The number of hydrogen-bond acceptors (Lipinski definition) is 3. The lowest BCUT2D eigenvalue weighted by Gasteiger charge is -2.14. The summed E-state index contributed by atoms with van der Waals surface area (Å²) >= 11 is 0. The summed E-state index contributed by atoms with van der Waals surface area (Å²) in [6.07, 6.45) is 5.28. The maximum Gasteiger partial charge on any atom is 0.182 e.